The summed E-state index contributed by atoms with van der Waals surface area (Å²) in [4.78, 5) is 32.1. The SMILES string of the molecule is CC(C)CN(C[C@@H](O)[C@H](Cc1ccccc1)NC(=O)O[C@H]1CCOC1)S(=O)(=O)c1ccc(NC(=O)[C@@H](N)Cc2cnc[nH]2)cc1. The van der Waals surface area contributed by atoms with E-state index in [0.29, 0.717) is 31.0 Å². The van der Waals surface area contributed by atoms with Gasteiger partial charge in [0.15, 0.2) is 0 Å². The summed E-state index contributed by atoms with van der Waals surface area (Å²) in [5, 5.41) is 16.8. The van der Waals surface area contributed by atoms with Crippen molar-refractivity contribution in [2.45, 2.75) is 62.3 Å². The van der Waals surface area contributed by atoms with Gasteiger partial charge < -0.3 is 35.9 Å². The molecular formula is C31H42N6O7S. The summed E-state index contributed by atoms with van der Waals surface area (Å²) >= 11 is 0. The molecule has 2 heterocycles. The van der Waals surface area contributed by atoms with Gasteiger partial charge in [0.25, 0.3) is 0 Å². The quantitative estimate of drug-likeness (QED) is 0.165. The minimum atomic E-state index is -4.08. The van der Waals surface area contributed by atoms with E-state index < -0.39 is 40.2 Å². The zero-order valence-electron chi connectivity index (χ0n) is 25.5. The average molecular weight is 643 g/mol. The first-order chi connectivity index (χ1) is 21.5. The van der Waals surface area contributed by atoms with Gasteiger partial charge in [-0.15, -0.1) is 0 Å². The Labute approximate surface area is 263 Å². The van der Waals surface area contributed by atoms with Gasteiger partial charge in [-0.05, 0) is 42.2 Å². The number of aromatic nitrogens is 2. The molecule has 0 spiro atoms. The third-order valence-electron chi connectivity index (χ3n) is 7.28. The predicted molar refractivity (Wildman–Crippen MR) is 168 cm³/mol. The van der Waals surface area contributed by atoms with Gasteiger partial charge in [-0.1, -0.05) is 44.2 Å². The van der Waals surface area contributed by atoms with E-state index in [1.807, 2.05) is 44.2 Å². The molecule has 14 heteroatoms. The lowest BCUT2D eigenvalue weighted by Crippen LogP contribution is -2.51. The number of carbonyl (C=O) groups is 2. The van der Waals surface area contributed by atoms with Crippen molar-refractivity contribution in [1.82, 2.24) is 19.6 Å². The monoisotopic (exact) mass is 642 g/mol. The van der Waals surface area contributed by atoms with E-state index >= 15 is 0 Å². The van der Waals surface area contributed by atoms with Crippen molar-refractivity contribution in [1.29, 1.82) is 0 Å². The number of anilines is 1. The van der Waals surface area contributed by atoms with E-state index in [9.17, 15) is 23.1 Å². The zero-order chi connectivity index (χ0) is 32.4. The van der Waals surface area contributed by atoms with Crippen LogP contribution < -0.4 is 16.4 Å². The van der Waals surface area contributed by atoms with Crippen LogP contribution in [0.3, 0.4) is 0 Å². The molecule has 13 nitrogen and oxygen atoms in total. The summed E-state index contributed by atoms with van der Waals surface area (Å²) in [6, 6.07) is 13.4. The van der Waals surface area contributed by atoms with Crippen molar-refractivity contribution in [2.24, 2.45) is 11.7 Å². The van der Waals surface area contributed by atoms with Crippen molar-refractivity contribution >= 4 is 27.7 Å². The highest BCUT2D eigenvalue weighted by molar-refractivity contribution is 7.89. The molecule has 244 valence electrons. The van der Waals surface area contributed by atoms with Crippen LogP contribution in [0.4, 0.5) is 10.5 Å². The summed E-state index contributed by atoms with van der Waals surface area (Å²) in [6.07, 6.45) is 1.85. The fourth-order valence-corrected chi connectivity index (χ4v) is 6.55. The standard InChI is InChI=1S/C31H42N6O7S/c1-21(2)17-37(18-29(38)28(14-22-6-4-3-5-7-22)36-31(40)44-25-12-13-43-19-25)45(41,42)26-10-8-23(9-11-26)35-30(39)27(32)15-24-16-33-20-34-24/h3-11,16,20-21,25,27-29,38H,12-15,17-19,32H2,1-2H3,(H,33,34)(H,35,39)(H,36,40)/t25-,27-,28-,29+/m0/s1. The Balaban J connectivity index is 1.46. The van der Waals surface area contributed by atoms with Gasteiger partial charge in [0.05, 0.1) is 42.6 Å². The van der Waals surface area contributed by atoms with E-state index in [4.69, 9.17) is 15.2 Å². The molecule has 0 aliphatic carbocycles. The minimum Gasteiger partial charge on any atom is -0.444 e. The number of nitrogens with zero attached hydrogens (tertiary/aromatic N) is 2. The number of amides is 2. The molecule has 2 amide bonds. The van der Waals surface area contributed by atoms with Crippen LogP contribution in [-0.2, 0) is 37.1 Å². The summed E-state index contributed by atoms with van der Waals surface area (Å²) in [6.45, 7) is 4.42. The Kier molecular flexibility index (Phi) is 12.1. The van der Waals surface area contributed by atoms with Crippen LogP contribution in [0, 0.1) is 5.92 Å². The van der Waals surface area contributed by atoms with Crippen molar-refractivity contribution < 1.29 is 32.6 Å². The Bertz CT molecular complexity index is 1460. The molecule has 0 radical (unpaired) electrons. The fraction of sp³-hybridized carbons (Fsp3) is 0.452. The lowest BCUT2D eigenvalue weighted by molar-refractivity contribution is -0.117. The predicted octanol–water partition coefficient (Wildman–Crippen LogP) is 2.05. The highest BCUT2D eigenvalue weighted by atomic mass is 32.2. The van der Waals surface area contributed by atoms with Gasteiger partial charge in [-0.3, -0.25) is 4.79 Å². The third kappa shape index (κ3) is 10.1. The number of aromatic amines is 1. The summed E-state index contributed by atoms with van der Waals surface area (Å²) in [5.74, 6) is -0.490. The van der Waals surface area contributed by atoms with Crippen LogP contribution in [0.1, 0.15) is 31.5 Å². The second kappa shape index (κ2) is 16.0. The number of sulfonamides is 1. The third-order valence-corrected chi connectivity index (χ3v) is 9.12. The van der Waals surface area contributed by atoms with Crippen LogP contribution in [0.2, 0.25) is 0 Å². The molecule has 1 aliphatic rings. The largest absolute Gasteiger partial charge is 0.444 e. The van der Waals surface area contributed by atoms with E-state index in [2.05, 4.69) is 20.6 Å². The Hall–Kier alpha value is -3.82. The fourth-order valence-electron chi connectivity index (χ4n) is 4.93. The van der Waals surface area contributed by atoms with Crippen molar-refractivity contribution in [3.63, 3.8) is 0 Å². The number of H-pyrrole nitrogens is 1. The average Bonchev–Trinajstić information content (AvgIpc) is 3.72. The van der Waals surface area contributed by atoms with Crippen molar-refractivity contribution in [3.8, 4) is 0 Å². The summed E-state index contributed by atoms with van der Waals surface area (Å²) < 4.78 is 39.6. The van der Waals surface area contributed by atoms with Gasteiger partial charge in [-0.2, -0.15) is 4.31 Å². The number of hydrogen-bond acceptors (Lipinski definition) is 9. The second-order valence-corrected chi connectivity index (χ2v) is 13.5. The van der Waals surface area contributed by atoms with Gasteiger partial charge in [-0.25, -0.2) is 18.2 Å². The molecule has 4 rings (SSSR count). The molecule has 0 unspecified atom stereocenters. The number of alkyl carbamates (subject to hydrolysis) is 1. The number of aliphatic hydroxyl groups is 1. The van der Waals surface area contributed by atoms with E-state index in [1.54, 1.807) is 6.20 Å². The number of imidazole rings is 1. The van der Waals surface area contributed by atoms with Crippen LogP contribution >= 0.6 is 0 Å². The number of nitrogens with one attached hydrogen (secondary N) is 3. The molecule has 4 atom stereocenters. The number of carbonyl (C=O) groups excluding carboxylic acids is 2. The number of ether oxygens (including phenoxy) is 2. The maximum atomic E-state index is 13.8. The number of benzene rings is 2. The molecule has 0 bridgehead atoms. The smallest absolute Gasteiger partial charge is 0.407 e. The molecule has 6 N–H and O–H groups in total. The Morgan fingerprint density at radius 2 is 1.87 bits per heavy atom. The molecule has 1 fully saturated rings. The molecular weight excluding hydrogens is 600 g/mol. The first-order valence-corrected chi connectivity index (χ1v) is 16.4. The Morgan fingerprint density at radius 3 is 2.49 bits per heavy atom. The molecule has 3 aromatic rings. The summed E-state index contributed by atoms with van der Waals surface area (Å²) in [7, 11) is -4.08. The van der Waals surface area contributed by atoms with E-state index in [-0.39, 0.29) is 42.8 Å². The molecule has 1 aliphatic heterocycles. The minimum absolute atomic E-state index is 0.0108. The van der Waals surface area contributed by atoms with Crippen LogP contribution in [0.25, 0.3) is 0 Å². The maximum Gasteiger partial charge on any atom is 0.407 e. The van der Waals surface area contributed by atoms with Gasteiger partial charge in [0, 0.05) is 43.5 Å². The lowest BCUT2D eigenvalue weighted by Gasteiger charge is -2.30. The zero-order valence-corrected chi connectivity index (χ0v) is 26.3. The first kappa shape index (κ1) is 34.1. The number of nitrogens with two attached hydrogens (primary N) is 1. The van der Waals surface area contributed by atoms with Crippen LogP contribution in [0.5, 0.6) is 0 Å². The van der Waals surface area contributed by atoms with E-state index in [1.165, 1.54) is 34.9 Å². The van der Waals surface area contributed by atoms with Gasteiger partial charge in [0.2, 0.25) is 15.9 Å². The second-order valence-electron chi connectivity index (χ2n) is 11.5. The first-order valence-electron chi connectivity index (χ1n) is 14.9. The normalized spacial score (nSPS) is 17.2. The highest BCUT2D eigenvalue weighted by Crippen LogP contribution is 2.21. The Morgan fingerprint density at radius 1 is 1.13 bits per heavy atom. The lowest BCUT2D eigenvalue weighted by atomic mass is 10.0. The number of aliphatic hydroxyl groups excluding tert-OH is 1. The van der Waals surface area contributed by atoms with Crippen molar-refractivity contribution in [3.05, 3.63) is 78.4 Å². The van der Waals surface area contributed by atoms with Crippen LogP contribution in [0.15, 0.2) is 72.0 Å². The molecule has 1 aromatic heterocycles. The topological polar surface area (TPSA) is 189 Å². The number of rotatable bonds is 15. The van der Waals surface area contributed by atoms with Crippen molar-refractivity contribution in [2.75, 3.05) is 31.6 Å². The highest BCUT2D eigenvalue weighted by Gasteiger charge is 2.32. The van der Waals surface area contributed by atoms with Crippen LogP contribution in [-0.4, -0.2) is 90.4 Å². The van der Waals surface area contributed by atoms with Gasteiger partial charge >= 0.3 is 6.09 Å². The summed E-state index contributed by atoms with van der Waals surface area (Å²) in [5.41, 5.74) is 7.96. The molecule has 1 saturated heterocycles. The van der Waals surface area contributed by atoms with E-state index in [0.717, 1.165) is 5.56 Å². The molecule has 0 saturated carbocycles. The van der Waals surface area contributed by atoms with Gasteiger partial charge in [0.1, 0.15) is 6.10 Å². The number of hydrogen-bond donors (Lipinski definition) is 5. The molecule has 2 aromatic carbocycles. The maximum absolute atomic E-state index is 13.8. The molecule has 45 heavy (non-hydrogen) atoms.